The Hall–Kier alpha value is -1.43. The van der Waals surface area contributed by atoms with Crippen molar-refractivity contribution in [1.82, 2.24) is 20.3 Å². The number of unbranched alkanes of at least 4 members (excludes halogenated alkanes) is 1. The third-order valence-electron chi connectivity index (χ3n) is 3.17. The van der Waals surface area contributed by atoms with E-state index >= 15 is 0 Å². The zero-order valence-electron chi connectivity index (χ0n) is 12.1. The van der Waals surface area contributed by atoms with Gasteiger partial charge in [0.2, 0.25) is 5.91 Å². The second kappa shape index (κ2) is 7.89. The number of carbonyl (C=O) groups excluding carboxylic acids is 1. The first-order valence-electron chi connectivity index (χ1n) is 6.91. The Morgan fingerprint density at radius 2 is 2.16 bits per heavy atom. The summed E-state index contributed by atoms with van der Waals surface area (Å²) in [6.45, 7) is 7.08. The Bertz CT molecular complexity index is 388. The fourth-order valence-electron chi connectivity index (χ4n) is 1.59. The molecule has 0 saturated heterocycles. The third-order valence-corrected chi connectivity index (χ3v) is 3.17. The van der Waals surface area contributed by atoms with Crippen molar-refractivity contribution in [2.24, 2.45) is 11.7 Å². The zero-order valence-corrected chi connectivity index (χ0v) is 12.1. The molecule has 1 atom stereocenters. The number of amides is 1. The third kappa shape index (κ3) is 5.83. The molecular formula is C13H25N5O. The first-order valence-corrected chi connectivity index (χ1v) is 6.91. The minimum Gasteiger partial charge on any atom is -0.352 e. The van der Waals surface area contributed by atoms with Gasteiger partial charge in [-0.3, -0.25) is 4.79 Å². The molecule has 0 bridgehead atoms. The maximum absolute atomic E-state index is 11.8. The molecule has 0 aliphatic rings. The topological polar surface area (TPSA) is 85.8 Å². The molecule has 0 fully saturated rings. The minimum atomic E-state index is -0.0281. The molecule has 0 saturated carbocycles. The monoisotopic (exact) mass is 267 g/mol. The highest BCUT2D eigenvalue weighted by Crippen LogP contribution is 2.02. The highest BCUT2D eigenvalue weighted by molar-refractivity contribution is 5.75. The van der Waals surface area contributed by atoms with Crippen LogP contribution < -0.4 is 11.1 Å². The molecule has 1 unspecified atom stereocenters. The second-order valence-electron chi connectivity index (χ2n) is 5.25. The van der Waals surface area contributed by atoms with Gasteiger partial charge in [-0.2, -0.15) is 0 Å². The molecular weight excluding hydrogens is 242 g/mol. The van der Waals surface area contributed by atoms with Gasteiger partial charge in [-0.05, 0) is 38.6 Å². The van der Waals surface area contributed by atoms with Crippen molar-refractivity contribution in [3.05, 3.63) is 11.9 Å². The fraction of sp³-hybridized carbons (Fsp3) is 0.769. The standard InChI is InChI=1S/C13H25N5O/c1-10(2)11(3)15-13(19)9-18-8-12(16-17-18)6-4-5-7-14/h8,10-11H,4-7,9,14H2,1-3H3,(H,15,19). The molecule has 6 nitrogen and oxygen atoms in total. The molecule has 1 aromatic rings. The van der Waals surface area contributed by atoms with Crippen LogP contribution in [-0.2, 0) is 17.8 Å². The summed E-state index contributed by atoms with van der Waals surface area (Å²) in [6, 6.07) is 0.167. The molecule has 3 N–H and O–H groups in total. The van der Waals surface area contributed by atoms with E-state index in [-0.39, 0.29) is 18.5 Å². The van der Waals surface area contributed by atoms with Gasteiger partial charge < -0.3 is 11.1 Å². The number of aryl methyl sites for hydroxylation is 1. The molecule has 0 aliphatic heterocycles. The van der Waals surface area contributed by atoms with Crippen LogP contribution >= 0.6 is 0 Å². The van der Waals surface area contributed by atoms with Crippen molar-refractivity contribution in [3.63, 3.8) is 0 Å². The second-order valence-corrected chi connectivity index (χ2v) is 5.25. The number of hydrogen-bond donors (Lipinski definition) is 2. The minimum absolute atomic E-state index is 0.0281. The molecule has 0 aromatic carbocycles. The average molecular weight is 267 g/mol. The Kier molecular flexibility index (Phi) is 6.49. The molecule has 108 valence electrons. The maximum Gasteiger partial charge on any atom is 0.242 e. The van der Waals surface area contributed by atoms with Crippen LogP contribution in [0.5, 0.6) is 0 Å². The molecule has 1 amide bonds. The highest BCUT2D eigenvalue weighted by atomic mass is 16.2. The van der Waals surface area contributed by atoms with Crippen molar-refractivity contribution in [3.8, 4) is 0 Å². The van der Waals surface area contributed by atoms with Gasteiger partial charge in [0.15, 0.2) is 0 Å². The van der Waals surface area contributed by atoms with Crippen LogP contribution in [0.25, 0.3) is 0 Å². The predicted molar refractivity (Wildman–Crippen MR) is 74.5 cm³/mol. The van der Waals surface area contributed by atoms with Crippen molar-refractivity contribution in [1.29, 1.82) is 0 Å². The maximum atomic E-state index is 11.8. The van der Waals surface area contributed by atoms with Crippen LogP contribution in [0.2, 0.25) is 0 Å². The van der Waals surface area contributed by atoms with E-state index in [4.69, 9.17) is 5.73 Å². The van der Waals surface area contributed by atoms with E-state index in [1.54, 1.807) is 4.68 Å². The van der Waals surface area contributed by atoms with Crippen LogP contribution in [-0.4, -0.2) is 33.5 Å². The largest absolute Gasteiger partial charge is 0.352 e. The lowest BCUT2D eigenvalue weighted by atomic mass is 10.1. The lowest BCUT2D eigenvalue weighted by Gasteiger charge is -2.17. The van der Waals surface area contributed by atoms with E-state index in [0.29, 0.717) is 12.5 Å². The summed E-state index contributed by atoms with van der Waals surface area (Å²) >= 11 is 0. The summed E-state index contributed by atoms with van der Waals surface area (Å²) in [7, 11) is 0. The zero-order chi connectivity index (χ0) is 14.3. The number of nitrogens with two attached hydrogens (primary N) is 1. The van der Waals surface area contributed by atoms with Crippen LogP contribution in [0.15, 0.2) is 6.20 Å². The first kappa shape index (κ1) is 15.6. The Morgan fingerprint density at radius 3 is 2.79 bits per heavy atom. The lowest BCUT2D eigenvalue weighted by molar-refractivity contribution is -0.122. The predicted octanol–water partition coefficient (Wildman–Crippen LogP) is 0.720. The van der Waals surface area contributed by atoms with Crippen LogP contribution in [0, 0.1) is 5.92 Å². The van der Waals surface area contributed by atoms with Gasteiger partial charge in [0.05, 0.1) is 5.69 Å². The van der Waals surface area contributed by atoms with Gasteiger partial charge in [-0.25, -0.2) is 4.68 Å². The van der Waals surface area contributed by atoms with Crippen molar-refractivity contribution < 1.29 is 4.79 Å². The van der Waals surface area contributed by atoms with Gasteiger partial charge in [-0.15, -0.1) is 5.10 Å². The Labute approximate surface area is 114 Å². The first-order chi connectivity index (χ1) is 9.02. The summed E-state index contributed by atoms with van der Waals surface area (Å²) in [6.07, 6.45) is 4.68. The smallest absolute Gasteiger partial charge is 0.242 e. The van der Waals surface area contributed by atoms with Gasteiger partial charge in [0.1, 0.15) is 6.54 Å². The summed E-state index contributed by atoms with van der Waals surface area (Å²) in [5, 5.41) is 11.0. The number of hydrogen-bond acceptors (Lipinski definition) is 4. The van der Waals surface area contributed by atoms with E-state index in [2.05, 4.69) is 29.5 Å². The van der Waals surface area contributed by atoms with Gasteiger partial charge in [-0.1, -0.05) is 19.1 Å². The Balaban J connectivity index is 2.38. The summed E-state index contributed by atoms with van der Waals surface area (Å²) in [4.78, 5) is 11.8. The molecule has 0 aliphatic carbocycles. The van der Waals surface area contributed by atoms with Gasteiger partial charge in [0.25, 0.3) is 0 Å². The molecule has 6 heteroatoms. The van der Waals surface area contributed by atoms with Crippen LogP contribution in [0.4, 0.5) is 0 Å². The summed E-state index contributed by atoms with van der Waals surface area (Å²) < 4.78 is 1.58. The van der Waals surface area contributed by atoms with Crippen LogP contribution in [0.3, 0.4) is 0 Å². The molecule has 1 aromatic heterocycles. The van der Waals surface area contributed by atoms with E-state index < -0.39 is 0 Å². The quantitative estimate of drug-likeness (QED) is 0.680. The molecule has 0 radical (unpaired) electrons. The molecule has 19 heavy (non-hydrogen) atoms. The average Bonchev–Trinajstić information content (AvgIpc) is 2.76. The number of nitrogens with zero attached hydrogens (tertiary/aromatic N) is 3. The SMILES string of the molecule is CC(C)C(C)NC(=O)Cn1cc(CCCCN)nn1. The van der Waals surface area contributed by atoms with Gasteiger partial charge >= 0.3 is 0 Å². The molecule has 0 spiro atoms. The van der Waals surface area contributed by atoms with Crippen molar-refractivity contribution in [2.45, 2.75) is 52.6 Å². The van der Waals surface area contributed by atoms with Gasteiger partial charge in [0, 0.05) is 12.2 Å². The lowest BCUT2D eigenvalue weighted by Crippen LogP contribution is -2.38. The normalized spacial score (nSPS) is 12.7. The number of nitrogens with one attached hydrogen (secondary N) is 1. The molecule has 1 heterocycles. The summed E-state index contributed by atoms with van der Waals surface area (Å²) in [5.41, 5.74) is 6.36. The summed E-state index contributed by atoms with van der Waals surface area (Å²) in [5.74, 6) is 0.395. The number of carbonyl (C=O) groups is 1. The highest BCUT2D eigenvalue weighted by Gasteiger charge is 2.11. The van der Waals surface area contributed by atoms with Crippen molar-refractivity contribution in [2.75, 3.05) is 6.54 Å². The Morgan fingerprint density at radius 1 is 1.42 bits per heavy atom. The van der Waals surface area contributed by atoms with E-state index in [0.717, 1.165) is 25.0 Å². The number of aromatic nitrogens is 3. The van der Waals surface area contributed by atoms with Crippen LogP contribution in [0.1, 0.15) is 39.3 Å². The number of rotatable bonds is 8. The fourth-order valence-corrected chi connectivity index (χ4v) is 1.59. The van der Waals surface area contributed by atoms with E-state index in [1.165, 1.54) is 0 Å². The van der Waals surface area contributed by atoms with Crippen molar-refractivity contribution >= 4 is 5.91 Å². The molecule has 1 rings (SSSR count). The van der Waals surface area contributed by atoms with E-state index in [9.17, 15) is 4.79 Å². The van der Waals surface area contributed by atoms with E-state index in [1.807, 2.05) is 13.1 Å².